The fourth-order valence-electron chi connectivity index (χ4n) is 1.67. The summed E-state index contributed by atoms with van der Waals surface area (Å²) in [5, 5.41) is 9.03. The molecular formula is C14H13F2N3O3S. The minimum atomic E-state index is -2.99. The maximum atomic E-state index is 12.3. The predicted molar refractivity (Wildman–Crippen MR) is 83.4 cm³/mol. The Balaban J connectivity index is 2.03. The van der Waals surface area contributed by atoms with E-state index in [0.717, 1.165) is 11.3 Å². The first kappa shape index (κ1) is 16.7. The summed E-state index contributed by atoms with van der Waals surface area (Å²) in [6.07, 6.45) is 0. The first-order valence-electron chi connectivity index (χ1n) is 6.42. The number of ether oxygens (including phenoxy) is 1. The van der Waals surface area contributed by atoms with Crippen molar-refractivity contribution in [1.82, 2.24) is 5.32 Å². The topological polar surface area (TPSA) is 79.5 Å². The van der Waals surface area contributed by atoms with Crippen molar-refractivity contribution in [2.45, 2.75) is 6.61 Å². The van der Waals surface area contributed by atoms with Gasteiger partial charge in [0, 0.05) is 18.4 Å². The Morgan fingerprint density at radius 1 is 1.09 bits per heavy atom. The van der Waals surface area contributed by atoms with Crippen LogP contribution in [-0.4, -0.2) is 25.6 Å². The van der Waals surface area contributed by atoms with Gasteiger partial charge in [0.15, 0.2) is 0 Å². The number of carbonyl (C=O) groups excluding carboxylic acids is 2. The molecule has 2 aromatic rings. The number of alkyl halides is 2. The highest BCUT2D eigenvalue weighted by molar-refractivity contribution is 7.12. The summed E-state index contributed by atoms with van der Waals surface area (Å²) in [6, 6.07) is 7.28. The molecule has 6 nitrogen and oxygen atoms in total. The fourth-order valence-corrected chi connectivity index (χ4v) is 2.39. The van der Waals surface area contributed by atoms with Crippen molar-refractivity contribution >= 4 is 34.6 Å². The molecule has 0 fully saturated rings. The highest BCUT2D eigenvalue weighted by Crippen LogP contribution is 2.27. The van der Waals surface area contributed by atoms with Gasteiger partial charge >= 0.3 is 12.6 Å². The van der Waals surface area contributed by atoms with Gasteiger partial charge in [0.1, 0.15) is 10.6 Å². The lowest BCUT2D eigenvalue weighted by Gasteiger charge is -2.08. The number of nitrogens with one attached hydrogen (secondary N) is 3. The van der Waals surface area contributed by atoms with Crippen molar-refractivity contribution in [3.63, 3.8) is 0 Å². The number of rotatable bonds is 5. The normalized spacial score (nSPS) is 10.3. The molecule has 3 N–H and O–H groups in total. The average Bonchev–Trinajstić information content (AvgIpc) is 2.96. The van der Waals surface area contributed by atoms with E-state index in [0.29, 0.717) is 11.4 Å². The second-order valence-corrected chi connectivity index (χ2v) is 5.14. The number of hydrogen-bond acceptors (Lipinski definition) is 4. The number of benzene rings is 1. The first-order valence-corrected chi connectivity index (χ1v) is 7.30. The molecule has 0 aliphatic carbocycles. The van der Waals surface area contributed by atoms with Gasteiger partial charge in [-0.3, -0.25) is 4.79 Å². The minimum Gasteiger partial charge on any atom is -0.433 e. The fraction of sp³-hybridized carbons (Fsp3) is 0.143. The Kier molecular flexibility index (Phi) is 5.47. The molecule has 0 radical (unpaired) electrons. The number of halogens is 2. The van der Waals surface area contributed by atoms with E-state index in [1.54, 1.807) is 24.3 Å². The molecule has 23 heavy (non-hydrogen) atoms. The maximum absolute atomic E-state index is 12.3. The molecule has 0 spiro atoms. The lowest BCUT2D eigenvalue weighted by Crippen LogP contribution is -2.24. The van der Waals surface area contributed by atoms with Crippen LogP contribution in [0.4, 0.5) is 25.0 Å². The van der Waals surface area contributed by atoms with Crippen molar-refractivity contribution < 1.29 is 23.1 Å². The van der Waals surface area contributed by atoms with E-state index in [4.69, 9.17) is 0 Å². The van der Waals surface area contributed by atoms with Gasteiger partial charge in [0.05, 0.1) is 0 Å². The molecule has 1 aromatic heterocycles. The lowest BCUT2D eigenvalue weighted by molar-refractivity contribution is -0.0498. The lowest BCUT2D eigenvalue weighted by atomic mass is 10.2. The molecule has 0 aliphatic rings. The number of amides is 3. The van der Waals surface area contributed by atoms with Crippen molar-refractivity contribution in [1.29, 1.82) is 0 Å². The van der Waals surface area contributed by atoms with Crippen LogP contribution in [-0.2, 0) is 0 Å². The Hall–Kier alpha value is -2.68. The minimum absolute atomic E-state index is 0.0536. The van der Waals surface area contributed by atoms with Crippen LogP contribution in [0.3, 0.4) is 0 Å². The van der Waals surface area contributed by atoms with Gasteiger partial charge in [-0.1, -0.05) is 0 Å². The van der Waals surface area contributed by atoms with Gasteiger partial charge in [-0.25, -0.2) is 4.79 Å². The molecule has 122 valence electrons. The highest BCUT2D eigenvalue weighted by Gasteiger charge is 2.17. The van der Waals surface area contributed by atoms with Gasteiger partial charge < -0.3 is 20.7 Å². The average molecular weight is 341 g/mol. The Morgan fingerprint density at radius 2 is 1.70 bits per heavy atom. The number of anilines is 2. The Bertz CT molecular complexity index is 689. The summed E-state index contributed by atoms with van der Waals surface area (Å²) in [4.78, 5) is 23.3. The third-order valence-corrected chi connectivity index (χ3v) is 3.57. The van der Waals surface area contributed by atoms with E-state index in [-0.39, 0.29) is 16.7 Å². The van der Waals surface area contributed by atoms with Gasteiger partial charge in [0.2, 0.25) is 0 Å². The molecule has 3 amide bonds. The van der Waals surface area contributed by atoms with Crippen LogP contribution in [0.5, 0.6) is 5.75 Å². The van der Waals surface area contributed by atoms with Crippen LogP contribution < -0.4 is 20.7 Å². The van der Waals surface area contributed by atoms with E-state index >= 15 is 0 Å². The number of urea groups is 1. The van der Waals surface area contributed by atoms with Gasteiger partial charge in [-0.2, -0.15) is 8.78 Å². The molecule has 1 aromatic carbocycles. The zero-order valence-corrected chi connectivity index (χ0v) is 12.7. The summed E-state index contributed by atoms with van der Waals surface area (Å²) in [7, 11) is 1.49. The van der Waals surface area contributed by atoms with Crippen molar-refractivity contribution in [2.24, 2.45) is 0 Å². The van der Waals surface area contributed by atoms with Crippen molar-refractivity contribution in [2.75, 3.05) is 17.7 Å². The van der Waals surface area contributed by atoms with E-state index < -0.39 is 12.5 Å². The van der Waals surface area contributed by atoms with Gasteiger partial charge in [-0.05, 0) is 35.7 Å². The maximum Gasteiger partial charge on any atom is 0.387 e. The van der Waals surface area contributed by atoms with Crippen LogP contribution >= 0.6 is 11.3 Å². The summed E-state index contributed by atoms with van der Waals surface area (Å²) in [5.74, 6) is -0.719. The summed E-state index contributed by atoms with van der Waals surface area (Å²) < 4.78 is 28.8. The summed E-state index contributed by atoms with van der Waals surface area (Å²) >= 11 is 0.998. The largest absolute Gasteiger partial charge is 0.433 e. The van der Waals surface area contributed by atoms with Crippen LogP contribution in [0.15, 0.2) is 35.7 Å². The predicted octanol–water partition coefficient (Wildman–Crippen LogP) is 3.35. The number of hydrogen-bond donors (Lipinski definition) is 3. The molecule has 0 saturated heterocycles. The molecular weight excluding hydrogens is 328 g/mol. The second-order valence-electron chi connectivity index (χ2n) is 4.23. The molecule has 0 saturated carbocycles. The van der Waals surface area contributed by atoms with E-state index in [1.165, 1.54) is 18.5 Å². The van der Waals surface area contributed by atoms with Crippen LogP contribution in [0.1, 0.15) is 9.67 Å². The standard InChI is InChI=1S/C14H13F2N3O3S/c1-17-14(21)19-9-4-2-8(3-5-9)18-12(20)11-10(6-7-23-11)22-13(15)16/h2-7,13H,1H3,(H,18,20)(H2,17,19,21). The smallest absolute Gasteiger partial charge is 0.387 e. The molecule has 0 aliphatic heterocycles. The highest BCUT2D eigenvalue weighted by atomic mass is 32.1. The molecule has 9 heteroatoms. The summed E-state index contributed by atoms with van der Waals surface area (Å²) in [6.45, 7) is -2.99. The van der Waals surface area contributed by atoms with Crippen molar-refractivity contribution in [3.8, 4) is 5.75 Å². The Morgan fingerprint density at radius 3 is 2.26 bits per heavy atom. The molecule has 0 atom stereocenters. The zero-order chi connectivity index (χ0) is 16.8. The first-order chi connectivity index (χ1) is 11.0. The van der Waals surface area contributed by atoms with Gasteiger partial charge in [-0.15, -0.1) is 11.3 Å². The van der Waals surface area contributed by atoms with E-state index in [2.05, 4.69) is 20.7 Å². The quantitative estimate of drug-likeness (QED) is 0.780. The zero-order valence-electron chi connectivity index (χ0n) is 11.9. The molecule has 2 rings (SSSR count). The summed E-state index contributed by atoms with van der Waals surface area (Å²) in [5.41, 5.74) is 0.994. The molecule has 1 heterocycles. The number of carbonyl (C=O) groups is 2. The van der Waals surface area contributed by atoms with Crippen LogP contribution in [0, 0.1) is 0 Å². The van der Waals surface area contributed by atoms with Crippen LogP contribution in [0.25, 0.3) is 0 Å². The Labute approximate surface area is 134 Å². The molecule has 0 bridgehead atoms. The van der Waals surface area contributed by atoms with E-state index in [1.807, 2.05) is 0 Å². The van der Waals surface area contributed by atoms with Crippen molar-refractivity contribution in [3.05, 3.63) is 40.6 Å². The number of thiophene rings is 1. The third-order valence-electron chi connectivity index (χ3n) is 2.68. The molecule has 0 unspecified atom stereocenters. The van der Waals surface area contributed by atoms with Gasteiger partial charge in [0.25, 0.3) is 5.91 Å². The second kappa shape index (κ2) is 7.54. The van der Waals surface area contributed by atoms with E-state index in [9.17, 15) is 18.4 Å². The SMILES string of the molecule is CNC(=O)Nc1ccc(NC(=O)c2sccc2OC(F)F)cc1. The van der Waals surface area contributed by atoms with Crippen LogP contribution in [0.2, 0.25) is 0 Å². The third kappa shape index (κ3) is 4.65. The monoisotopic (exact) mass is 341 g/mol.